The van der Waals surface area contributed by atoms with Crippen LogP contribution in [0.2, 0.25) is 6.32 Å². The number of nitrogens with zero attached hydrogens (tertiary/aromatic N) is 4. The molecule has 9 nitrogen and oxygen atoms in total. The number of hydrogen-bond acceptors (Lipinski definition) is 7. The average Bonchev–Trinajstić information content (AvgIpc) is 3.07. The smallest absolute Gasteiger partial charge is 0.427 e. The molecule has 1 atom stereocenters. The van der Waals surface area contributed by atoms with Gasteiger partial charge in [0, 0.05) is 12.1 Å². The Hall–Kier alpha value is -2.44. The molecule has 146 valence electrons. The molecule has 0 aliphatic heterocycles. The van der Waals surface area contributed by atoms with E-state index in [-0.39, 0.29) is 25.0 Å². The molecule has 0 aliphatic carbocycles. The van der Waals surface area contributed by atoms with Gasteiger partial charge in [-0.25, -0.2) is 13.5 Å². The zero-order valence-electron chi connectivity index (χ0n) is 14.6. The van der Waals surface area contributed by atoms with Crippen LogP contribution in [0.3, 0.4) is 0 Å². The van der Waals surface area contributed by atoms with Crippen molar-refractivity contribution in [3.8, 4) is 0 Å². The number of aromatic nitrogens is 4. The van der Waals surface area contributed by atoms with Crippen molar-refractivity contribution >= 4 is 13.0 Å². The van der Waals surface area contributed by atoms with Gasteiger partial charge in [-0.15, -0.1) is 5.10 Å². The van der Waals surface area contributed by atoms with Crippen molar-refractivity contribution in [3.63, 3.8) is 0 Å². The van der Waals surface area contributed by atoms with E-state index in [1.807, 2.05) is 0 Å². The summed E-state index contributed by atoms with van der Waals surface area (Å²) in [7, 11) is -1.35. The molecule has 0 radical (unpaired) electrons. The minimum absolute atomic E-state index is 0.0306. The highest BCUT2D eigenvalue weighted by Gasteiger charge is 2.18. The largest absolute Gasteiger partial charge is 0.451 e. The van der Waals surface area contributed by atoms with Crippen LogP contribution in [0, 0.1) is 11.6 Å². The molecule has 1 heterocycles. The zero-order chi connectivity index (χ0) is 19.8. The van der Waals surface area contributed by atoms with Gasteiger partial charge in [-0.1, -0.05) is 25.0 Å². The summed E-state index contributed by atoms with van der Waals surface area (Å²) < 4.78 is 28.0. The molecule has 0 saturated heterocycles. The predicted molar refractivity (Wildman–Crippen MR) is 91.8 cm³/mol. The van der Waals surface area contributed by atoms with Gasteiger partial charge in [0.1, 0.15) is 6.54 Å². The average molecular weight is 382 g/mol. The maximum Gasteiger partial charge on any atom is 0.451 e. The van der Waals surface area contributed by atoms with Crippen molar-refractivity contribution < 1.29 is 23.6 Å². The fourth-order valence-corrected chi connectivity index (χ4v) is 2.48. The van der Waals surface area contributed by atoms with Crippen molar-refractivity contribution in [1.29, 1.82) is 0 Å². The molecule has 2 aromatic rings. The number of benzene rings is 1. The summed E-state index contributed by atoms with van der Waals surface area (Å²) >= 11 is 0. The molecule has 0 fully saturated rings. The first-order valence-corrected chi connectivity index (χ1v) is 8.46. The monoisotopic (exact) mass is 382 g/mol. The van der Waals surface area contributed by atoms with Gasteiger partial charge in [-0.05, 0) is 29.2 Å². The molecule has 1 aromatic carbocycles. The van der Waals surface area contributed by atoms with Gasteiger partial charge in [0.05, 0.1) is 6.04 Å². The van der Waals surface area contributed by atoms with E-state index in [2.05, 4.69) is 20.8 Å². The first-order valence-electron chi connectivity index (χ1n) is 8.46. The number of amides is 1. The van der Waals surface area contributed by atoms with Gasteiger partial charge in [0.25, 0.3) is 0 Å². The second kappa shape index (κ2) is 10.0. The quantitative estimate of drug-likeness (QED) is 0.333. The summed E-state index contributed by atoms with van der Waals surface area (Å²) in [5.74, 6) is -2.16. The number of nitrogens with one attached hydrogen (secondary N) is 1. The Kier molecular flexibility index (Phi) is 7.76. The lowest BCUT2D eigenvalue weighted by Crippen LogP contribution is -2.30. The molecule has 5 N–H and O–H groups in total. The fourth-order valence-electron chi connectivity index (χ4n) is 2.48. The number of halogens is 2. The molecule has 0 bridgehead atoms. The predicted octanol–water partition coefficient (Wildman–Crippen LogP) is -0.0894. The number of hydrogen-bond donors (Lipinski definition) is 4. The third-order valence-electron chi connectivity index (χ3n) is 3.92. The van der Waals surface area contributed by atoms with Crippen molar-refractivity contribution in [2.24, 2.45) is 5.73 Å². The number of rotatable bonds is 10. The number of carbonyl (C=O) groups is 1. The zero-order valence-corrected chi connectivity index (χ0v) is 14.6. The van der Waals surface area contributed by atoms with Gasteiger partial charge in [0.2, 0.25) is 5.91 Å². The second-order valence-electron chi connectivity index (χ2n) is 6.06. The standard InChI is InChI=1S/C15H21BF2N6O3/c17-11-5-3-4-10(14(11)18)8-20-13(25)9-24-15(21-22-23-24)12(19)6-1-2-7-16(26)27/h3-5,12,26-27H,1-2,6-9,19H2,(H,20,25). The summed E-state index contributed by atoms with van der Waals surface area (Å²) in [5.41, 5.74) is 6.05. The summed E-state index contributed by atoms with van der Waals surface area (Å²) in [4.78, 5) is 12.1. The number of carbonyl (C=O) groups excluding carboxylic acids is 1. The van der Waals surface area contributed by atoms with Crippen LogP contribution in [0.25, 0.3) is 0 Å². The summed E-state index contributed by atoms with van der Waals surface area (Å²) in [6, 6.07) is 3.20. The van der Waals surface area contributed by atoms with E-state index in [4.69, 9.17) is 15.8 Å². The maximum atomic E-state index is 13.6. The van der Waals surface area contributed by atoms with Gasteiger partial charge in [-0.3, -0.25) is 4.79 Å². The number of nitrogens with two attached hydrogens (primary N) is 1. The van der Waals surface area contributed by atoms with E-state index < -0.39 is 30.7 Å². The third kappa shape index (κ3) is 6.34. The summed E-state index contributed by atoms with van der Waals surface area (Å²) in [6.07, 6.45) is 1.96. The highest BCUT2D eigenvalue weighted by molar-refractivity contribution is 6.40. The minimum Gasteiger partial charge on any atom is -0.427 e. The van der Waals surface area contributed by atoms with Crippen molar-refractivity contribution in [3.05, 3.63) is 41.2 Å². The lowest BCUT2D eigenvalue weighted by molar-refractivity contribution is -0.122. The van der Waals surface area contributed by atoms with Gasteiger partial charge >= 0.3 is 7.12 Å². The Morgan fingerprint density at radius 3 is 2.85 bits per heavy atom. The highest BCUT2D eigenvalue weighted by atomic mass is 19.2. The number of unbranched alkanes of at least 4 members (excludes halogenated alkanes) is 1. The van der Waals surface area contributed by atoms with Gasteiger partial charge in [-0.2, -0.15) is 0 Å². The van der Waals surface area contributed by atoms with Crippen LogP contribution < -0.4 is 11.1 Å². The van der Waals surface area contributed by atoms with E-state index in [0.29, 0.717) is 25.1 Å². The van der Waals surface area contributed by atoms with Crippen molar-refractivity contribution in [2.75, 3.05) is 0 Å². The Balaban J connectivity index is 1.85. The summed E-state index contributed by atoms with van der Waals surface area (Å²) in [6.45, 7) is -0.391. The first kappa shape index (κ1) is 20.9. The minimum atomic E-state index is -1.35. The molecule has 1 aromatic heterocycles. The SMILES string of the molecule is NC(CCCCB(O)O)c1nnnn1CC(=O)NCc1cccc(F)c1F. The van der Waals surface area contributed by atoms with Crippen LogP contribution in [-0.2, 0) is 17.9 Å². The molecule has 0 spiro atoms. The van der Waals surface area contributed by atoms with Gasteiger partial charge < -0.3 is 21.1 Å². The molecule has 1 amide bonds. The van der Waals surface area contributed by atoms with Gasteiger partial charge in [0.15, 0.2) is 17.5 Å². The van der Waals surface area contributed by atoms with E-state index in [9.17, 15) is 13.6 Å². The maximum absolute atomic E-state index is 13.6. The van der Waals surface area contributed by atoms with Crippen LogP contribution in [0.1, 0.15) is 36.7 Å². The topological polar surface area (TPSA) is 139 Å². The van der Waals surface area contributed by atoms with Crippen LogP contribution in [0.4, 0.5) is 8.78 Å². The molecule has 12 heteroatoms. The Labute approximate surface area is 154 Å². The van der Waals surface area contributed by atoms with Crippen molar-refractivity contribution in [1.82, 2.24) is 25.5 Å². The van der Waals surface area contributed by atoms with E-state index in [1.54, 1.807) is 0 Å². The number of tetrazole rings is 1. The van der Waals surface area contributed by atoms with E-state index in [0.717, 1.165) is 6.07 Å². The Morgan fingerprint density at radius 1 is 1.33 bits per heavy atom. The Morgan fingerprint density at radius 2 is 2.11 bits per heavy atom. The normalized spacial score (nSPS) is 12.0. The lowest BCUT2D eigenvalue weighted by Gasteiger charge is -2.12. The Bertz CT molecular complexity index is 761. The van der Waals surface area contributed by atoms with Crippen LogP contribution >= 0.6 is 0 Å². The molecule has 2 rings (SSSR count). The first-order chi connectivity index (χ1) is 12.9. The molecule has 27 heavy (non-hydrogen) atoms. The molecule has 0 saturated carbocycles. The molecular weight excluding hydrogens is 361 g/mol. The van der Waals surface area contributed by atoms with E-state index >= 15 is 0 Å². The lowest BCUT2D eigenvalue weighted by atomic mass is 9.83. The highest BCUT2D eigenvalue weighted by Crippen LogP contribution is 2.15. The van der Waals surface area contributed by atoms with E-state index in [1.165, 1.54) is 16.8 Å². The molecular formula is C15H21BF2N6O3. The van der Waals surface area contributed by atoms with Crippen LogP contribution in [0.15, 0.2) is 18.2 Å². The fraction of sp³-hybridized carbons (Fsp3) is 0.467. The van der Waals surface area contributed by atoms with Crippen molar-refractivity contribution in [2.45, 2.75) is 44.7 Å². The van der Waals surface area contributed by atoms with Crippen LogP contribution in [-0.4, -0.2) is 43.3 Å². The van der Waals surface area contributed by atoms with Crippen LogP contribution in [0.5, 0.6) is 0 Å². The third-order valence-corrected chi connectivity index (χ3v) is 3.92. The summed E-state index contributed by atoms with van der Waals surface area (Å²) in [5, 5.41) is 31.1. The molecule has 0 aliphatic rings. The molecule has 1 unspecified atom stereocenters. The second-order valence-corrected chi connectivity index (χ2v) is 6.06.